The first kappa shape index (κ1) is 30.3. The molecule has 2 unspecified atom stereocenters. The van der Waals surface area contributed by atoms with E-state index in [0.717, 1.165) is 45.7 Å². The highest BCUT2D eigenvalue weighted by atomic mass is 19.4. The van der Waals surface area contributed by atoms with Crippen LogP contribution in [0.5, 0.6) is 0 Å². The normalized spacial score (nSPS) is 20.7. The van der Waals surface area contributed by atoms with E-state index in [1.165, 1.54) is 6.92 Å². The predicted molar refractivity (Wildman–Crippen MR) is 158 cm³/mol. The van der Waals surface area contributed by atoms with Crippen molar-refractivity contribution in [3.8, 4) is 11.1 Å². The van der Waals surface area contributed by atoms with Gasteiger partial charge in [-0.3, -0.25) is 9.59 Å². The lowest BCUT2D eigenvalue weighted by atomic mass is 9.67. The smallest absolute Gasteiger partial charge is 0.343 e. The van der Waals surface area contributed by atoms with E-state index in [1.807, 2.05) is 55.8 Å². The highest BCUT2D eigenvalue weighted by Gasteiger charge is 2.41. The molecule has 0 aliphatic heterocycles. The number of benzene rings is 3. The van der Waals surface area contributed by atoms with Gasteiger partial charge in [-0.1, -0.05) is 37.3 Å². The van der Waals surface area contributed by atoms with Crippen LogP contribution < -0.4 is 5.32 Å². The summed E-state index contributed by atoms with van der Waals surface area (Å²) in [5.74, 6) is -1.75. The fourth-order valence-electron chi connectivity index (χ4n) is 6.19. The fraction of sp³-hybridized carbons (Fsp3) is 0.364. The van der Waals surface area contributed by atoms with Gasteiger partial charge in [0.2, 0.25) is 11.8 Å². The van der Waals surface area contributed by atoms with Crippen molar-refractivity contribution in [2.45, 2.75) is 51.7 Å². The maximum Gasteiger partial charge on any atom is 0.416 e. The fourth-order valence-corrected chi connectivity index (χ4v) is 6.19. The Morgan fingerprint density at radius 2 is 1.67 bits per heavy atom. The molecule has 1 N–H and O–H groups in total. The molecule has 0 bridgehead atoms. The van der Waals surface area contributed by atoms with E-state index in [2.05, 4.69) is 22.4 Å². The Morgan fingerprint density at radius 1 is 1.00 bits per heavy atom. The number of fused-ring (bicyclic) bond motifs is 1. The molecule has 43 heavy (non-hydrogen) atoms. The molecule has 6 nitrogen and oxygen atoms in total. The number of alkyl halides is 3. The second kappa shape index (κ2) is 11.5. The van der Waals surface area contributed by atoms with Gasteiger partial charge in [0.15, 0.2) is 0 Å². The highest BCUT2D eigenvalue weighted by Crippen LogP contribution is 2.44. The number of nitrogens with one attached hydrogen (secondary N) is 1. The molecule has 1 heterocycles. The zero-order valence-electron chi connectivity index (χ0n) is 24.7. The maximum atomic E-state index is 14.6. The summed E-state index contributed by atoms with van der Waals surface area (Å²) in [6, 6.07) is 16.1. The van der Waals surface area contributed by atoms with E-state index >= 15 is 0 Å². The van der Waals surface area contributed by atoms with E-state index in [1.54, 1.807) is 11.9 Å². The average Bonchev–Trinajstić information content (AvgIpc) is 3.25. The molecule has 3 aromatic carbocycles. The van der Waals surface area contributed by atoms with Crippen molar-refractivity contribution in [1.82, 2.24) is 14.5 Å². The number of imidazole rings is 1. The molecule has 5 rings (SSSR count). The van der Waals surface area contributed by atoms with E-state index in [0.29, 0.717) is 18.9 Å². The molecular formula is C33H34F4N4O2. The van der Waals surface area contributed by atoms with Gasteiger partial charge < -0.3 is 14.8 Å². The summed E-state index contributed by atoms with van der Waals surface area (Å²) >= 11 is 0. The second-order valence-electron chi connectivity index (χ2n) is 11.6. The molecular weight excluding hydrogens is 560 g/mol. The molecule has 4 atom stereocenters. The zero-order chi connectivity index (χ0) is 31.2. The van der Waals surface area contributed by atoms with Crippen molar-refractivity contribution in [2.75, 3.05) is 12.4 Å². The predicted octanol–water partition coefficient (Wildman–Crippen LogP) is 7.32. The van der Waals surface area contributed by atoms with Gasteiger partial charge in [-0.05, 0) is 78.6 Å². The highest BCUT2D eigenvalue weighted by molar-refractivity contribution is 5.93. The lowest BCUT2D eigenvalue weighted by molar-refractivity contribution is -0.137. The van der Waals surface area contributed by atoms with Crippen molar-refractivity contribution in [3.63, 3.8) is 0 Å². The van der Waals surface area contributed by atoms with E-state index in [-0.39, 0.29) is 29.5 Å². The number of anilines is 1. The molecule has 0 spiro atoms. The minimum absolute atomic E-state index is 0.0938. The molecule has 226 valence electrons. The Hall–Kier alpha value is -4.21. The molecule has 0 radical (unpaired) electrons. The number of hydrogen-bond acceptors (Lipinski definition) is 3. The lowest BCUT2D eigenvalue weighted by Gasteiger charge is -2.43. The first-order chi connectivity index (χ1) is 20.2. The largest absolute Gasteiger partial charge is 0.416 e. The van der Waals surface area contributed by atoms with Crippen molar-refractivity contribution in [2.24, 2.45) is 18.9 Å². The van der Waals surface area contributed by atoms with Crippen LogP contribution in [0.3, 0.4) is 0 Å². The van der Waals surface area contributed by atoms with E-state index < -0.39 is 29.4 Å². The third-order valence-corrected chi connectivity index (χ3v) is 9.03. The number of carbonyl (C=O) groups is 2. The van der Waals surface area contributed by atoms with Crippen molar-refractivity contribution in [1.29, 1.82) is 0 Å². The number of aryl methyl sites for hydroxylation is 2. The third-order valence-electron chi connectivity index (χ3n) is 9.03. The van der Waals surface area contributed by atoms with Gasteiger partial charge in [-0.2, -0.15) is 13.2 Å². The number of rotatable bonds is 5. The topological polar surface area (TPSA) is 67.2 Å². The van der Waals surface area contributed by atoms with Crippen LogP contribution in [-0.2, 0) is 22.8 Å². The Morgan fingerprint density at radius 3 is 2.30 bits per heavy atom. The van der Waals surface area contributed by atoms with Crippen LogP contribution in [0.2, 0.25) is 0 Å². The molecule has 1 fully saturated rings. The Labute approximate surface area is 247 Å². The molecule has 4 aromatic rings. The summed E-state index contributed by atoms with van der Waals surface area (Å²) in [5.41, 5.74) is 3.57. The number of amides is 2. The summed E-state index contributed by atoms with van der Waals surface area (Å²) in [7, 11) is 3.68. The van der Waals surface area contributed by atoms with Gasteiger partial charge >= 0.3 is 6.18 Å². The third kappa shape index (κ3) is 6.00. The molecule has 1 saturated carbocycles. The standard InChI is InChI=1S/C33H34F4N4O2/c1-18-26(22-8-6-21(7-9-22)23-10-13-31-30(14-23)38-19(2)40(31)4)16-25(41(5)20(3)42)17-27(18)32(43)39-29-12-11-24(15-28(29)34)33(35,36)37/h6-15,18,25-27H,16-17H2,1-5H3,(H,39,43)/t18-,25+,26?,27?/m1/s1. The Balaban J connectivity index is 1.41. The second-order valence-corrected chi connectivity index (χ2v) is 11.6. The van der Waals surface area contributed by atoms with Crippen LogP contribution in [-0.4, -0.2) is 39.4 Å². The van der Waals surface area contributed by atoms with Gasteiger partial charge in [-0.25, -0.2) is 9.37 Å². The van der Waals surface area contributed by atoms with Crippen molar-refractivity contribution >= 4 is 28.5 Å². The summed E-state index contributed by atoms with van der Waals surface area (Å²) < 4.78 is 55.6. The van der Waals surface area contributed by atoms with Crippen LogP contribution in [0, 0.1) is 24.6 Å². The molecule has 2 amide bonds. The number of aromatic nitrogens is 2. The van der Waals surface area contributed by atoms with E-state index in [4.69, 9.17) is 0 Å². The van der Waals surface area contributed by atoms with Gasteiger partial charge in [-0.15, -0.1) is 0 Å². The molecule has 1 aliphatic rings. The van der Waals surface area contributed by atoms with Crippen molar-refractivity contribution < 1.29 is 27.2 Å². The van der Waals surface area contributed by atoms with Crippen LogP contribution in [0.15, 0.2) is 60.7 Å². The van der Waals surface area contributed by atoms with Crippen LogP contribution in [0.25, 0.3) is 22.2 Å². The number of carbonyl (C=O) groups excluding carboxylic acids is 2. The first-order valence-corrected chi connectivity index (χ1v) is 14.2. The molecule has 1 aliphatic carbocycles. The summed E-state index contributed by atoms with van der Waals surface area (Å²) in [4.78, 5) is 32.0. The van der Waals surface area contributed by atoms with Crippen LogP contribution in [0.1, 0.15) is 49.6 Å². The maximum absolute atomic E-state index is 14.6. The van der Waals surface area contributed by atoms with Gasteiger partial charge in [0.05, 0.1) is 22.3 Å². The lowest BCUT2D eigenvalue weighted by Crippen LogP contribution is -2.46. The van der Waals surface area contributed by atoms with Gasteiger partial charge in [0.25, 0.3) is 0 Å². The number of hydrogen-bond donors (Lipinski definition) is 1. The Bertz CT molecular complexity index is 1680. The van der Waals surface area contributed by atoms with E-state index in [9.17, 15) is 27.2 Å². The molecule has 10 heteroatoms. The molecule has 0 saturated heterocycles. The number of nitrogens with zero attached hydrogens (tertiary/aromatic N) is 3. The first-order valence-electron chi connectivity index (χ1n) is 14.2. The van der Waals surface area contributed by atoms with Gasteiger partial charge in [0.1, 0.15) is 11.6 Å². The quantitative estimate of drug-likeness (QED) is 0.246. The van der Waals surface area contributed by atoms with Crippen molar-refractivity contribution in [3.05, 3.63) is 83.4 Å². The Kier molecular flexibility index (Phi) is 8.07. The monoisotopic (exact) mass is 594 g/mol. The van der Waals surface area contributed by atoms with Crippen LogP contribution in [0.4, 0.5) is 23.2 Å². The minimum Gasteiger partial charge on any atom is -0.343 e. The minimum atomic E-state index is -4.70. The average molecular weight is 595 g/mol. The SMILES string of the molecule is CC(=O)N(C)[C@@H]1CC(C(=O)Nc2ccc(C(F)(F)F)cc2F)[C@H](C)C(c2ccc(-c3ccc4c(c3)nc(C)n4C)cc2)C1. The van der Waals surface area contributed by atoms with Crippen LogP contribution >= 0.6 is 0 Å². The molecule has 1 aromatic heterocycles. The summed E-state index contributed by atoms with van der Waals surface area (Å²) in [5, 5.41) is 2.51. The summed E-state index contributed by atoms with van der Waals surface area (Å²) in [6.45, 7) is 5.38. The van der Waals surface area contributed by atoms with Gasteiger partial charge in [0, 0.05) is 33.0 Å². The number of halogens is 4. The zero-order valence-corrected chi connectivity index (χ0v) is 24.7. The summed E-state index contributed by atoms with van der Waals surface area (Å²) in [6.07, 6.45) is -3.71.